The van der Waals surface area contributed by atoms with Crippen molar-refractivity contribution in [1.29, 1.82) is 0 Å². The molecule has 0 atom stereocenters. The van der Waals surface area contributed by atoms with Crippen LogP contribution in [0.15, 0.2) is 66.9 Å². The van der Waals surface area contributed by atoms with Gasteiger partial charge in [-0.15, -0.1) is 0 Å². The van der Waals surface area contributed by atoms with Crippen LogP contribution in [-0.2, 0) is 19.4 Å². The summed E-state index contributed by atoms with van der Waals surface area (Å²) < 4.78 is 20.4. The Labute approximate surface area is 222 Å². The molecule has 192 valence electrons. The van der Waals surface area contributed by atoms with Crippen molar-refractivity contribution in [1.82, 2.24) is 0 Å². The van der Waals surface area contributed by atoms with Gasteiger partial charge in [-0.25, -0.2) is 0 Å². The fraction of sp³-hybridized carbons (Fsp3) is 0.344. The summed E-state index contributed by atoms with van der Waals surface area (Å²) in [6.45, 7) is 12.3. The fourth-order valence-corrected chi connectivity index (χ4v) is 6.10. The van der Waals surface area contributed by atoms with Crippen LogP contribution in [0.1, 0.15) is 37.5 Å². The summed E-state index contributed by atoms with van der Waals surface area (Å²) in [4.78, 5) is 0. The van der Waals surface area contributed by atoms with Gasteiger partial charge in [0.1, 0.15) is 5.75 Å². The molecule has 1 aromatic heterocycles. The van der Waals surface area contributed by atoms with Gasteiger partial charge in [0.15, 0.2) is 24.2 Å². The van der Waals surface area contributed by atoms with Gasteiger partial charge in [0, 0.05) is 29.4 Å². The lowest BCUT2D eigenvalue weighted by atomic mass is 9.89. The minimum atomic E-state index is -1.88. The largest absolute Gasteiger partial charge is 0.544 e. The van der Waals surface area contributed by atoms with Crippen molar-refractivity contribution in [3.8, 4) is 28.5 Å². The lowest BCUT2D eigenvalue weighted by Crippen LogP contribution is -2.43. The summed E-state index contributed by atoms with van der Waals surface area (Å²) >= 11 is 0. The smallest absolute Gasteiger partial charge is 0.250 e. The van der Waals surface area contributed by atoms with Gasteiger partial charge in [0.25, 0.3) is 0 Å². The number of hydrogen-bond donors (Lipinski definition) is 0. The molecule has 0 amide bonds. The zero-order valence-electron chi connectivity index (χ0n) is 23.1. The summed E-state index contributed by atoms with van der Waals surface area (Å²) in [5.74, 6) is 2.50. The number of methoxy groups -OCH3 is 2. The van der Waals surface area contributed by atoms with Crippen molar-refractivity contribution in [3.05, 3.63) is 83.6 Å². The van der Waals surface area contributed by atoms with Crippen LogP contribution in [-0.4, -0.2) is 22.5 Å². The number of hydrogen-bond acceptors (Lipinski definition) is 3. The summed E-state index contributed by atoms with van der Waals surface area (Å²) in [6.07, 6.45) is 4.07. The predicted molar refractivity (Wildman–Crippen MR) is 153 cm³/mol. The van der Waals surface area contributed by atoms with E-state index in [0.717, 1.165) is 42.0 Å². The first kappa shape index (κ1) is 25.3. The van der Waals surface area contributed by atoms with E-state index in [0.29, 0.717) is 0 Å². The molecule has 2 heterocycles. The molecule has 0 radical (unpaired) electrons. The zero-order valence-corrected chi connectivity index (χ0v) is 24.1. The number of rotatable bonds is 6. The number of aromatic nitrogens is 1. The highest BCUT2D eigenvalue weighted by atomic mass is 28.4. The Morgan fingerprint density at radius 3 is 2.27 bits per heavy atom. The Balaban J connectivity index is 1.63. The molecule has 3 aromatic carbocycles. The van der Waals surface area contributed by atoms with Crippen LogP contribution in [0, 0.1) is 0 Å². The molecule has 0 bridgehead atoms. The Kier molecular flexibility index (Phi) is 6.53. The number of aryl methyl sites for hydroxylation is 2. The summed E-state index contributed by atoms with van der Waals surface area (Å²) in [5.41, 5.74) is 6.59. The van der Waals surface area contributed by atoms with Gasteiger partial charge in [-0.1, -0.05) is 51.1 Å². The molecular formula is C32H38NO3Si+. The fourth-order valence-electron chi connectivity index (χ4n) is 5.07. The molecular weight excluding hydrogens is 474 g/mol. The Bertz CT molecular complexity index is 1450. The highest BCUT2D eigenvalue weighted by molar-refractivity contribution is 6.74. The molecule has 0 fully saturated rings. The lowest BCUT2D eigenvalue weighted by Gasteiger charge is -2.36. The second kappa shape index (κ2) is 9.53. The van der Waals surface area contributed by atoms with Gasteiger partial charge in [0.2, 0.25) is 14.0 Å². The highest BCUT2D eigenvalue weighted by Crippen LogP contribution is 2.41. The van der Waals surface area contributed by atoms with Crippen LogP contribution in [0.5, 0.6) is 17.2 Å². The molecule has 0 N–H and O–H groups in total. The molecule has 4 nitrogen and oxygen atoms in total. The molecule has 0 aliphatic carbocycles. The average molecular weight is 513 g/mol. The molecule has 37 heavy (non-hydrogen) atoms. The van der Waals surface area contributed by atoms with Gasteiger partial charge >= 0.3 is 0 Å². The van der Waals surface area contributed by atoms with E-state index in [1.807, 2.05) is 6.07 Å². The van der Waals surface area contributed by atoms with Gasteiger partial charge in [-0.2, -0.15) is 4.57 Å². The third-order valence-electron chi connectivity index (χ3n) is 8.15. The Morgan fingerprint density at radius 1 is 0.865 bits per heavy atom. The number of ether oxygens (including phenoxy) is 2. The van der Waals surface area contributed by atoms with Crippen LogP contribution >= 0.6 is 0 Å². The van der Waals surface area contributed by atoms with Crippen molar-refractivity contribution < 1.29 is 18.5 Å². The zero-order chi connectivity index (χ0) is 26.4. The standard InChI is InChI=1S/C32H38NO3Si/c1-32(2,3)37(6,7)36-24-14-12-22(13-15-24)20-27-26-16-17-29(34-4)31(35-5)28(26)21-33-19-18-23-10-8-9-11-25(23)30(27)33/h8-17,21H,18-20H2,1-7H3/q+1. The first-order valence-corrected chi connectivity index (χ1v) is 16.0. The van der Waals surface area contributed by atoms with Crippen molar-refractivity contribution in [2.24, 2.45) is 0 Å². The third kappa shape index (κ3) is 4.61. The molecule has 0 saturated carbocycles. The van der Waals surface area contributed by atoms with Gasteiger partial charge < -0.3 is 13.9 Å². The SMILES string of the molecule is COc1ccc2c(Cc3ccc(O[Si](C)(C)C(C)(C)C)cc3)c3[n+](cc2c1OC)CCc1ccccc1-3. The third-order valence-corrected chi connectivity index (χ3v) is 12.5. The van der Waals surface area contributed by atoms with Gasteiger partial charge in [-0.3, -0.25) is 0 Å². The van der Waals surface area contributed by atoms with E-state index in [1.165, 1.54) is 33.3 Å². The van der Waals surface area contributed by atoms with Gasteiger partial charge in [-0.05, 0) is 59.6 Å². The monoisotopic (exact) mass is 512 g/mol. The van der Waals surface area contributed by atoms with E-state index in [1.54, 1.807) is 14.2 Å². The summed E-state index contributed by atoms with van der Waals surface area (Å²) in [7, 11) is 1.53. The second-order valence-electron chi connectivity index (χ2n) is 11.5. The second-order valence-corrected chi connectivity index (χ2v) is 16.2. The first-order valence-electron chi connectivity index (χ1n) is 13.1. The lowest BCUT2D eigenvalue weighted by molar-refractivity contribution is -0.686. The Morgan fingerprint density at radius 2 is 1.59 bits per heavy atom. The summed E-state index contributed by atoms with van der Waals surface area (Å²) in [6, 6.07) is 21.7. The quantitative estimate of drug-likeness (QED) is 0.200. The average Bonchev–Trinajstić information content (AvgIpc) is 2.87. The van der Waals surface area contributed by atoms with Crippen molar-refractivity contribution >= 4 is 19.1 Å². The number of nitrogens with zero attached hydrogens (tertiary/aromatic N) is 1. The van der Waals surface area contributed by atoms with Crippen LogP contribution in [0.4, 0.5) is 0 Å². The minimum absolute atomic E-state index is 0.165. The van der Waals surface area contributed by atoms with E-state index in [4.69, 9.17) is 13.9 Å². The molecule has 5 rings (SSSR count). The molecule has 5 heteroatoms. The first-order chi connectivity index (χ1) is 17.6. The maximum Gasteiger partial charge on any atom is 0.250 e. The number of benzene rings is 3. The number of fused-ring (bicyclic) bond motifs is 4. The molecule has 0 unspecified atom stereocenters. The van der Waals surface area contributed by atoms with Gasteiger partial charge in [0.05, 0.1) is 19.6 Å². The van der Waals surface area contributed by atoms with Crippen molar-refractivity contribution in [2.45, 2.75) is 58.3 Å². The van der Waals surface area contributed by atoms with Crippen LogP contribution < -0.4 is 18.5 Å². The van der Waals surface area contributed by atoms with Crippen LogP contribution in [0.25, 0.3) is 22.0 Å². The minimum Gasteiger partial charge on any atom is -0.544 e. The van der Waals surface area contributed by atoms with E-state index in [9.17, 15) is 0 Å². The van der Waals surface area contributed by atoms with E-state index >= 15 is 0 Å². The van der Waals surface area contributed by atoms with E-state index in [-0.39, 0.29) is 5.04 Å². The molecule has 4 aromatic rings. The molecule has 0 spiro atoms. The molecule has 0 saturated heterocycles. The number of pyridine rings is 1. The molecule has 1 aliphatic heterocycles. The topological polar surface area (TPSA) is 31.6 Å². The van der Waals surface area contributed by atoms with Crippen molar-refractivity contribution in [2.75, 3.05) is 14.2 Å². The predicted octanol–water partition coefficient (Wildman–Crippen LogP) is 7.34. The molecule has 1 aliphatic rings. The van der Waals surface area contributed by atoms with Crippen LogP contribution in [0.3, 0.4) is 0 Å². The van der Waals surface area contributed by atoms with Crippen molar-refractivity contribution in [3.63, 3.8) is 0 Å². The Hall–Kier alpha value is -3.31. The van der Waals surface area contributed by atoms with E-state index < -0.39 is 8.32 Å². The highest BCUT2D eigenvalue weighted by Gasteiger charge is 2.39. The maximum atomic E-state index is 6.54. The van der Waals surface area contributed by atoms with Crippen LogP contribution in [0.2, 0.25) is 18.1 Å². The normalized spacial score (nSPS) is 13.2. The summed E-state index contributed by atoms with van der Waals surface area (Å²) in [5, 5.41) is 2.44. The maximum absolute atomic E-state index is 6.54. The van der Waals surface area contributed by atoms with E-state index in [2.05, 4.69) is 99.2 Å².